The minimum atomic E-state index is -0.327. The molecule has 2 aliphatic rings. The highest BCUT2D eigenvalue weighted by Gasteiger charge is 2.28. The summed E-state index contributed by atoms with van der Waals surface area (Å²) in [7, 11) is 3.57. The summed E-state index contributed by atoms with van der Waals surface area (Å²) in [5, 5.41) is 3.06. The molecule has 1 saturated heterocycles. The molecule has 2 fully saturated rings. The maximum atomic E-state index is 12.6. The quantitative estimate of drug-likeness (QED) is 0.512. The van der Waals surface area contributed by atoms with Crippen LogP contribution in [-0.4, -0.2) is 87.2 Å². The van der Waals surface area contributed by atoms with Crippen molar-refractivity contribution in [2.75, 3.05) is 58.3 Å². The monoisotopic (exact) mass is 468 g/mol. The second-order valence-corrected chi connectivity index (χ2v) is 9.53. The Kier molecular flexibility index (Phi) is 9.37. The van der Waals surface area contributed by atoms with E-state index in [1.54, 1.807) is 6.92 Å². The average Bonchev–Trinajstić information content (AvgIpc) is 2.82. The Morgan fingerprint density at radius 3 is 2.41 bits per heavy atom. The summed E-state index contributed by atoms with van der Waals surface area (Å²) in [5.74, 6) is 6.35. The minimum Gasteiger partial charge on any atom is -0.465 e. The first-order chi connectivity index (χ1) is 16.3. The molecule has 186 valence electrons. The molecule has 0 spiro atoms. The number of amides is 1. The van der Waals surface area contributed by atoms with Gasteiger partial charge >= 0.3 is 5.97 Å². The van der Waals surface area contributed by atoms with E-state index in [9.17, 15) is 9.59 Å². The van der Waals surface area contributed by atoms with Gasteiger partial charge in [-0.25, -0.2) is 4.79 Å². The molecule has 0 bridgehead atoms. The van der Waals surface area contributed by atoms with Gasteiger partial charge in [0.05, 0.1) is 19.2 Å². The number of rotatable bonds is 6. The van der Waals surface area contributed by atoms with Crippen LogP contribution < -0.4 is 10.2 Å². The number of carbonyl (C=O) groups excluding carboxylic acids is 2. The molecule has 0 radical (unpaired) electrons. The lowest BCUT2D eigenvalue weighted by Gasteiger charge is -2.39. The molecular weight excluding hydrogens is 428 g/mol. The Labute approximate surface area is 204 Å². The maximum absolute atomic E-state index is 12.6. The van der Waals surface area contributed by atoms with Crippen molar-refractivity contribution in [2.45, 2.75) is 58.5 Å². The molecule has 1 aromatic rings. The molecule has 0 aromatic heterocycles. The minimum absolute atomic E-state index is 0.0391. The second-order valence-electron chi connectivity index (χ2n) is 9.53. The maximum Gasteiger partial charge on any atom is 0.338 e. The van der Waals surface area contributed by atoms with Crippen LogP contribution in [0.5, 0.6) is 0 Å². The normalized spacial score (nSPS) is 21.3. The van der Waals surface area contributed by atoms with Gasteiger partial charge in [-0.1, -0.05) is 11.8 Å². The van der Waals surface area contributed by atoms with Crippen molar-refractivity contribution in [3.8, 4) is 11.8 Å². The summed E-state index contributed by atoms with van der Waals surface area (Å²) in [6, 6.07) is 4.62. The molecule has 3 rings (SSSR count). The van der Waals surface area contributed by atoms with Crippen molar-refractivity contribution in [2.24, 2.45) is 0 Å². The molecular formula is C27H40N4O3. The second kappa shape index (κ2) is 12.2. The highest BCUT2D eigenvalue weighted by molar-refractivity contribution is 5.93. The van der Waals surface area contributed by atoms with Crippen LogP contribution in [0.4, 0.5) is 5.69 Å². The van der Waals surface area contributed by atoms with E-state index >= 15 is 0 Å². The van der Waals surface area contributed by atoms with Crippen molar-refractivity contribution < 1.29 is 14.3 Å². The number of nitrogens with one attached hydrogen (secondary N) is 1. The van der Waals surface area contributed by atoms with E-state index in [-0.39, 0.29) is 17.9 Å². The van der Waals surface area contributed by atoms with Crippen LogP contribution in [0.3, 0.4) is 0 Å². The third-order valence-electron chi connectivity index (χ3n) is 7.11. The Morgan fingerprint density at radius 2 is 1.82 bits per heavy atom. The number of hydrogen-bond acceptors (Lipinski definition) is 6. The van der Waals surface area contributed by atoms with Gasteiger partial charge in [0.2, 0.25) is 5.91 Å². The number of esters is 1. The van der Waals surface area contributed by atoms with Gasteiger partial charge in [-0.2, -0.15) is 0 Å². The first-order valence-corrected chi connectivity index (χ1v) is 12.5. The molecule has 0 unspecified atom stereocenters. The van der Waals surface area contributed by atoms with Gasteiger partial charge in [-0.3, -0.25) is 9.69 Å². The van der Waals surface area contributed by atoms with Crippen molar-refractivity contribution in [3.05, 3.63) is 28.8 Å². The fourth-order valence-electron chi connectivity index (χ4n) is 5.10. The van der Waals surface area contributed by atoms with Crippen LogP contribution in [0, 0.1) is 18.8 Å². The molecule has 7 heteroatoms. The van der Waals surface area contributed by atoms with Gasteiger partial charge in [0.25, 0.3) is 0 Å². The Morgan fingerprint density at radius 1 is 1.15 bits per heavy atom. The van der Waals surface area contributed by atoms with Crippen LogP contribution in [0.25, 0.3) is 0 Å². The molecule has 1 aliphatic carbocycles. The van der Waals surface area contributed by atoms with Crippen LogP contribution in [0.1, 0.15) is 61.0 Å². The van der Waals surface area contributed by atoms with Crippen molar-refractivity contribution in [1.29, 1.82) is 0 Å². The zero-order valence-corrected chi connectivity index (χ0v) is 21.4. The molecule has 1 amide bonds. The Balaban J connectivity index is 1.82. The molecule has 7 nitrogen and oxygen atoms in total. The molecule has 1 saturated carbocycles. The van der Waals surface area contributed by atoms with Crippen molar-refractivity contribution in [3.63, 3.8) is 0 Å². The van der Waals surface area contributed by atoms with Gasteiger partial charge in [0, 0.05) is 63.0 Å². The third kappa shape index (κ3) is 6.74. The summed E-state index contributed by atoms with van der Waals surface area (Å²) in [6.45, 7) is 11.5. The first-order valence-electron chi connectivity index (χ1n) is 12.5. The highest BCUT2D eigenvalue weighted by Crippen LogP contribution is 2.32. The topological polar surface area (TPSA) is 65.1 Å². The van der Waals surface area contributed by atoms with Gasteiger partial charge in [0.1, 0.15) is 0 Å². The number of carbonyl (C=O) groups is 2. The van der Waals surface area contributed by atoms with E-state index < -0.39 is 0 Å². The predicted octanol–water partition coefficient (Wildman–Crippen LogP) is 2.65. The zero-order valence-electron chi connectivity index (χ0n) is 21.4. The number of nitrogens with zero attached hydrogens (tertiary/aromatic N) is 3. The fraction of sp³-hybridized carbons (Fsp3) is 0.630. The number of methoxy groups -OCH3 is 1. The summed E-state index contributed by atoms with van der Waals surface area (Å²) < 4.78 is 5.09. The number of hydrogen-bond donors (Lipinski definition) is 1. The standard InChI is InChI=1S/C27H40N4O3/c1-6-31(24-11-9-23(10-12-24)28-21(3)32)26-19-22(18-25(20(26)2)27(33)34-5)8-7-13-30-16-14-29(4)15-17-30/h18-19,23-24H,6,9-17H2,1-5H3,(H,28,32). The molecule has 1 aliphatic heterocycles. The van der Waals surface area contributed by atoms with Gasteiger partial charge in [-0.15, -0.1) is 0 Å². The summed E-state index contributed by atoms with van der Waals surface area (Å²) in [4.78, 5) is 31.1. The van der Waals surface area contributed by atoms with E-state index in [4.69, 9.17) is 4.74 Å². The van der Waals surface area contributed by atoms with Crippen LogP contribution in [0.15, 0.2) is 12.1 Å². The SMILES string of the molecule is CCN(c1cc(C#CCN2CCN(C)CC2)cc(C(=O)OC)c1C)C1CCC(NC(C)=O)CC1. The molecule has 34 heavy (non-hydrogen) atoms. The van der Waals surface area contributed by atoms with Gasteiger partial charge < -0.3 is 19.9 Å². The zero-order chi connectivity index (χ0) is 24.7. The number of benzene rings is 1. The van der Waals surface area contributed by atoms with Gasteiger partial charge in [0.15, 0.2) is 0 Å². The summed E-state index contributed by atoms with van der Waals surface area (Å²) >= 11 is 0. The van der Waals surface area contributed by atoms with E-state index in [1.165, 1.54) is 7.11 Å². The van der Waals surface area contributed by atoms with Crippen LogP contribution >= 0.6 is 0 Å². The van der Waals surface area contributed by atoms with Crippen molar-refractivity contribution >= 4 is 17.6 Å². The Bertz CT molecular complexity index is 920. The highest BCUT2D eigenvalue weighted by atomic mass is 16.5. The van der Waals surface area contributed by atoms with Gasteiger partial charge in [-0.05, 0) is 64.3 Å². The molecule has 1 N–H and O–H groups in total. The lowest BCUT2D eigenvalue weighted by atomic mass is 9.89. The van der Waals surface area contributed by atoms with E-state index in [2.05, 4.69) is 51.9 Å². The molecule has 1 heterocycles. The predicted molar refractivity (Wildman–Crippen MR) is 136 cm³/mol. The molecule has 1 aromatic carbocycles. The summed E-state index contributed by atoms with van der Waals surface area (Å²) in [5.41, 5.74) is 3.41. The number of ether oxygens (including phenoxy) is 1. The fourth-order valence-corrected chi connectivity index (χ4v) is 5.10. The Hall–Kier alpha value is -2.56. The lowest BCUT2D eigenvalue weighted by Crippen LogP contribution is -2.44. The molecule has 0 atom stereocenters. The smallest absolute Gasteiger partial charge is 0.338 e. The van der Waals surface area contributed by atoms with Crippen LogP contribution in [0.2, 0.25) is 0 Å². The number of likely N-dealkylation sites (N-methyl/N-ethyl adjacent to an activating group) is 1. The van der Waals surface area contributed by atoms with E-state index in [0.717, 1.165) is 81.8 Å². The first kappa shape index (κ1) is 26.1. The largest absolute Gasteiger partial charge is 0.465 e. The van der Waals surface area contributed by atoms with E-state index in [1.807, 2.05) is 13.0 Å². The number of piperazine rings is 1. The number of anilines is 1. The van der Waals surface area contributed by atoms with E-state index in [0.29, 0.717) is 11.6 Å². The lowest BCUT2D eigenvalue weighted by molar-refractivity contribution is -0.119. The average molecular weight is 469 g/mol. The van der Waals surface area contributed by atoms with Crippen LogP contribution in [-0.2, 0) is 9.53 Å². The third-order valence-corrected chi connectivity index (χ3v) is 7.11. The summed E-state index contributed by atoms with van der Waals surface area (Å²) in [6.07, 6.45) is 3.94. The van der Waals surface area contributed by atoms with Crippen molar-refractivity contribution in [1.82, 2.24) is 15.1 Å².